The molecule has 162 valence electrons. The van der Waals surface area contributed by atoms with Gasteiger partial charge in [-0.3, -0.25) is 0 Å². The number of rotatable bonds is 5. The van der Waals surface area contributed by atoms with Gasteiger partial charge in [0.2, 0.25) is 0 Å². The second kappa shape index (κ2) is 7.98. The molecule has 0 bridgehead atoms. The summed E-state index contributed by atoms with van der Waals surface area (Å²) in [6.07, 6.45) is -0.684. The summed E-state index contributed by atoms with van der Waals surface area (Å²) in [5.41, 5.74) is 5.97. The lowest BCUT2D eigenvalue weighted by Gasteiger charge is -2.24. The first-order chi connectivity index (χ1) is 13.9. The molecule has 0 aromatic heterocycles. The number of alkyl carbamates (subject to hydrolysis) is 1. The molecule has 0 heterocycles. The predicted octanol–water partition coefficient (Wildman–Crippen LogP) is 3.92. The molecule has 1 amide bonds. The first-order valence-electron chi connectivity index (χ1n) is 9.68. The number of sulfone groups is 1. The van der Waals surface area contributed by atoms with Gasteiger partial charge in [-0.25, -0.2) is 13.2 Å². The molecule has 1 aliphatic carbocycles. The van der Waals surface area contributed by atoms with Crippen molar-refractivity contribution in [1.82, 2.24) is 5.32 Å². The van der Waals surface area contributed by atoms with Crippen LogP contribution in [-0.2, 0) is 14.6 Å². The van der Waals surface area contributed by atoms with Crippen LogP contribution in [-0.4, -0.2) is 37.4 Å². The van der Waals surface area contributed by atoms with Crippen molar-refractivity contribution in [3.63, 3.8) is 0 Å². The first kappa shape index (κ1) is 22.8. The van der Waals surface area contributed by atoms with Crippen molar-refractivity contribution in [2.45, 2.75) is 54.9 Å². The van der Waals surface area contributed by atoms with E-state index in [9.17, 15) is 13.2 Å². The molecule has 2 aromatic carbocycles. The van der Waals surface area contributed by atoms with Crippen molar-refractivity contribution in [2.24, 2.45) is 5.73 Å². The zero-order chi connectivity index (χ0) is 22.3. The monoisotopic (exact) mass is 494 g/mol. The Morgan fingerprint density at radius 2 is 1.70 bits per heavy atom. The van der Waals surface area contributed by atoms with Gasteiger partial charge in [-0.1, -0.05) is 45.8 Å². The summed E-state index contributed by atoms with van der Waals surface area (Å²) in [6, 6.07) is 14.1. The molecule has 3 N–H and O–H groups in total. The molecule has 8 heteroatoms. The van der Waals surface area contributed by atoms with E-state index in [0.717, 1.165) is 15.6 Å². The number of halogens is 1. The number of ether oxygens (including phenoxy) is 1. The summed E-state index contributed by atoms with van der Waals surface area (Å²) in [5, 5.41) is 1.90. The Labute approximate surface area is 186 Å². The fraction of sp³-hybridized carbons (Fsp3) is 0.409. The van der Waals surface area contributed by atoms with Gasteiger partial charge in [-0.2, -0.15) is 0 Å². The third-order valence-corrected chi connectivity index (χ3v) is 8.06. The van der Waals surface area contributed by atoms with Crippen molar-refractivity contribution in [3.8, 4) is 0 Å². The molecule has 1 fully saturated rings. The largest absolute Gasteiger partial charge is 0.444 e. The topological polar surface area (TPSA) is 98.5 Å². The zero-order valence-electron chi connectivity index (χ0n) is 17.5. The van der Waals surface area contributed by atoms with Gasteiger partial charge in [0.1, 0.15) is 10.9 Å². The molecule has 0 unspecified atom stereocenters. The van der Waals surface area contributed by atoms with Crippen molar-refractivity contribution < 1.29 is 17.9 Å². The van der Waals surface area contributed by atoms with Crippen LogP contribution < -0.4 is 11.1 Å². The van der Waals surface area contributed by atoms with Gasteiger partial charge >= 0.3 is 6.09 Å². The number of aryl methyl sites for hydroxylation is 1. The van der Waals surface area contributed by atoms with Crippen LogP contribution in [0.3, 0.4) is 0 Å². The Morgan fingerprint density at radius 3 is 2.20 bits per heavy atom. The molecule has 0 aliphatic heterocycles. The van der Waals surface area contributed by atoms with Gasteiger partial charge in [-0.15, -0.1) is 0 Å². The lowest BCUT2D eigenvalue weighted by Crippen LogP contribution is -2.49. The summed E-state index contributed by atoms with van der Waals surface area (Å²) < 4.78 is 33.4. The van der Waals surface area contributed by atoms with E-state index in [1.54, 1.807) is 45.0 Å². The molecule has 3 atom stereocenters. The maximum Gasteiger partial charge on any atom is 0.408 e. The van der Waals surface area contributed by atoms with Gasteiger partial charge in [0.15, 0.2) is 9.84 Å². The van der Waals surface area contributed by atoms with E-state index < -0.39 is 38.2 Å². The Bertz CT molecular complexity index is 1030. The van der Waals surface area contributed by atoms with Crippen LogP contribution in [0.15, 0.2) is 57.9 Å². The SMILES string of the molecule is Cc1ccc(S(=O)(=O)[C@@H]2[C@H](c3ccc(Br)cc3)[C@]2(CN)NC(=O)OC(C)(C)C)cc1. The number of amides is 1. The Hall–Kier alpha value is -1.90. The van der Waals surface area contributed by atoms with Gasteiger partial charge in [0.25, 0.3) is 0 Å². The van der Waals surface area contributed by atoms with Crippen LogP contribution in [0.25, 0.3) is 0 Å². The average molecular weight is 495 g/mol. The highest BCUT2D eigenvalue weighted by Gasteiger charge is 2.71. The van der Waals surface area contributed by atoms with Crippen LogP contribution in [0.5, 0.6) is 0 Å². The lowest BCUT2D eigenvalue weighted by molar-refractivity contribution is 0.0497. The molecule has 3 rings (SSSR count). The molecular weight excluding hydrogens is 468 g/mol. The van der Waals surface area contributed by atoms with Crippen LogP contribution in [0.2, 0.25) is 0 Å². The third kappa shape index (κ3) is 4.40. The van der Waals surface area contributed by atoms with Crippen molar-refractivity contribution >= 4 is 31.9 Å². The highest BCUT2D eigenvalue weighted by Crippen LogP contribution is 2.57. The fourth-order valence-electron chi connectivity index (χ4n) is 3.81. The highest BCUT2D eigenvalue weighted by atomic mass is 79.9. The molecule has 0 spiro atoms. The average Bonchev–Trinajstić information content (AvgIpc) is 3.30. The minimum atomic E-state index is -3.76. The summed E-state index contributed by atoms with van der Waals surface area (Å²) in [4.78, 5) is 12.8. The second-order valence-electron chi connectivity index (χ2n) is 8.68. The quantitative estimate of drug-likeness (QED) is 0.655. The number of benzene rings is 2. The van der Waals surface area contributed by atoms with E-state index in [1.807, 2.05) is 31.2 Å². The fourth-order valence-corrected chi connectivity index (χ4v) is 6.42. The van der Waals surface area contributed by atoms with Crippen LogP contribution >= 0.6 is 15.9 Å². The highest BCUT2D eigenvalue weighted by molar-refractivity contribution is 9.10. The molecular formula is C22H27BrN2O4S. The summed E-state index contributed by atoms with van der Waals surface area (Å²) in [5.74, 6) is -0.491. The lowest BCUT2D eigenvalue weighted by atomic mass is 10.1. The van der Waals surface area contributed by atoms with Gasteiger partial charge in [0, 0.05) is 16.9 Å². The number of nitrogens with two attached hydrogens (primary N) is 1. The van der Waals surface area contributed by atoms with E-state index in [-0.39, 0.29) is 11.4 Å². The van der Waals surface area contributed by atoms with Crippen molar-refractivity contribution in [1.29, 1.82) is 0 Å². The van der Waals surface area contributed by atoms with E-state index in [0.29, 0.717) is 0 Å². The molecule has 1 aliphatic rings. The van der Waals surface area contributed by atoms with Crippen LogP contribution in [0, 0.1) is 6.92 Å². The summed E-state index contributed by atoms with van der Waals surface area (Å²) in [7, 11) is -3.76. The van der Waals surface area contributed by atoms with E-state index >= 15 is 0 Å². The Kier molecular flexibility index (Phi) is 6.06. The van der Waals surface area contributed by atoms with E-state index in [1.165, 1.54) is 0 Å². The Balaban J connectivity index is 2.03. The summed E-state index contributed by atoms with van der Waals surface area (Å²) >= 11 is 3.40. The van der Waals surface area contributed by atoms with Crippen LogP contribution in [0.1, 0.15) is 37.8 Å². The number of hydrogen-bond acceptors (Lipinski definition) is 5. The minimum Gasteiger partial charge on any atom is -0.444 e. The minimum absolute atomic E-state index is 0.0390. The Morgan fingerprint density at radius 1 is 1.13 bits per heavy atom. The molecule has 2 aromatic rings. The number of nitrogens with one attached hydrogen (secondary N) is 1. The number of hydrogen-bond donors (Lipinski definition) is 2. The smallest absolute Gasteiger partial charge is 0.408 e. The van der Waals surface area contributed by atoms with Crippen LogP contribution in [0.4, 0.5) is 4.79 Å². The number of carbonyl (C=O) groups excluding carboxylic acids is 1. The molecule has 0 saturated heterocycles. The summed E-state index contributed by atoms with van der Waals surface area (Å²) in [6.45, 7) is 7.11. The zero-order valence-corrected chi connectivity index (χ0v) is 19.9. The van der Waals surface area contributed by atoms with Crippen molar-refractivity contribution in [3.05, 3.63) is 64.1 Å². The van der Waals surface area contributed by atoms with Gasteiger partial charge in [0.05, 0.1) is 10.4 Å². The first-order valence-corrected chi connectivity index (χ1v) is 12.0. The second-order valence-corrected chi connectivity index (χ2v) is 11.7. The molecule has 6 nitrogen and oxygen atoms in total. The van der Waals surface area contributed by atoms with E-state index in [2.05, 4.69) is 21.2 Å². The maximum atomic E-state index is 13.5. The van der Waals surface area contributed by atoms with Crippen molar-refractivity contribution in [2.75, 3.05) is 6.54 Å². The van der Waals surface area contributed by atoms with Gasteiger partial charge < -0.3 is 15.8 Å². The molecule has 30 heavy (non-hydrogen) atoms. The third-order valence-electron chi connectivity index (χ3n) is 5.24. The normalized spacial score (nSPS) is 23.7. The van der Waals surface area contributed by atoms with E-state index in [4.69, 9.17) is 10.5 Å². The molecule has 1 saturated carbocycles. The standard InChI is InChI=1S/C22H27BrN2O4S/c1-14-5-11-17(12-6-14)30(27,28)19-18(15-7-9-16(23)10-8-15)22(19,13-24)25-20(26)29-21(2,3)4/h5-12,18-19H,13,24H2,1-4H3,(H,25,26)/t18-,19+,22-/m0/s1. The molecule has 0 radical (unpaired) electrons. The maximum absolute atomic E-state index is 13.5. The predicted molar refractivity (Wildman–Crippen MR) is 120 cm³/mol. The van der Waals surface area contributed by atoms with Gasteiger partial charge in [-0.05, 0) is 57.5 Å². The number of carbonyl (C=O) groups is 1.